The Morgan fingerprint density at radius 3 is 2.38 bits per heavy atom. The van der Waals surface area contributed by atoms with E-state index in [1.54, 1.807) is 0 Å². The van der Waals surface area contributed by atoms with Crippen LogP contribution < -0.4 is 0 Å². The van der Waals surface area contributed by atoms with Crippen molar-refractivity contribution in [2.75, 3.05) is 7.05 Å². The minimum absolute atomic E-state index is 0.984. The van der Waals surface area contributed by atoms with E-state index in [2.05, 4.69) is 64.7 Å². The average Bonchev–Trinajstić information content (AvgIpc) is 2.28. The molecule has 1 aliphatic rings. The molecule has 0 bridgehead atoms. The lowest BCUT2D eigenvalue weighted by molar-refractivity contribution is 0.613. The largest absolute Gasteiger partial charge is 0.344 e. The van der Waals surface area contributed by atoms with Gasteiger partial charge in [0, 0.05) is 22.9 Å². The Hall–Kier alpha value is -1.28. The highest BCUT2D eigenvalue weighted by Crippen LogP contribution is 2.31. The lowest BCUT2D eigenvalue weighted by atomic mass is 10.1. The smallest absolute Gasteiger partial charge is 0.0482 e. The molecule has 1 nitrogen and oxygen atoms in total. The molecule has 0 saturated heterocycles. The molecule has 0 radical (unpaired) electrons. The Morgan fingerprint density at radius 2 is 1.75 bits per heavy atom. The molecule has 16 heavy (non-hydrogen) atoms. The van der Waals surface area contributed by atoms with E-state index >= 15 is 0 Å². The van der Waals surface area contributed by atoms with Gasteiger partial charge in [0.2, 0.25) is 0 Å². The summed E-state index contributed by atoms with van der Waals surface area (Å²) >= 11 is 3.48. The summed E-state index contributed by atoms with van der Waals surface area (Å²) in [7, 11) is 2.03. The van der Waals surface area contributed by atoms with E-state index in [9.17, 15) is 0 Å². The summed E-state index contributed by atoms with van der Waals surface area (Å²) in [6.45, 7) is 6.13. The van der Waals surface area contributed by atoms with Crippen LogP contribution in [0.2, 0.25) is 0 Å². The second-order valence-electron chi connectivity index (χ2n) is 3.94. The molecule has 0 aliphatic carbocycles. The Morgan fingerprint density at radius 1 is 1.12 bits per heavy atom. The van der Waals surface area contributed by atoms with Crippen molar-refractivity contribution in [1.29, 1.82) is 0 Å². The molecule has 0 unspecified atom stereocenters. The maximum Gasteiger partial charge on any atom is 0.0482 e. The molecule has 0 N–H and O–H groups in total. The molecule has 0 saturated carbocycles. The average molecular weight is 276 g/mol. The highest BCUT2D eigenvalue weighted by molar-refractivity contribution is 9.12. The zero-order valence-electron chi connectivity index (χ0n) is 9.50. The van der Waals surface area contributed by atoms with Gasteiger partial charge in [0.25, 0.3) is 0 Å². The van der Waals surface area contributed by atoms with Crippen LogP contribution in [0.25, 0.3) is 5.70 Å². The first-order chi connectivity index (χ1) is 7.59. The molecule has 82 valence electrons. The number of nitrogens with zero attached hydrogens (tertiary/aromatic N) is 1. The van der Waals surface area contributed by atoms with Gasteiger partial charge in [-0.1, -0.05) is 36.4 Å². The van der Waals surface area contributed by atoms with Crippen molar-refractivity contribution in [3.8, 4) is 0 Å². The van der Waals surface area contributed by atoms with Crippen molar-refractivity contribution in [3.63, 3.8) is 0 Å². The molecular formula is C14H14BrN. The van der Waals surface area contributed by atoms with Crippen molar-refractivity contribution in [2.24, 2.45) is 0 Å². The first-order valence-corrected chi connectivity index (χ1v) is 5.96. The van der Waals surface area contributed by atoms with Crippen LogP contribution in [0.4, 0.5) is 0 Å². The minimum atomic E-state index is 0.984. The van der Waals surface area contributed by atoms with Crippen molar-refractivity contribution in [2.45, 2.75) is 6.92 Å². The van der Waals surface area contributed by atoms with Crippen LogP contribution in [0.15, 0.2) is 53.2 Å². The third-order valence-corrected chi connectivity index (χ3v) is 3.50. The SMILES string of the molecule is C=C1C(Br)=CC=C(c2ccc(C)cc2)N1C. The third kappa shape index (κ3) is 1.98. The first-order valence-electron chi connectivity index (χ1n) is 5.17. The molecule has 1 aliphatic heterocycles. The van der Waals surface area contributed by atoms with E-state index in [4.69, 9.17) is 0 Å². The molecule has 0 amide bonds. The highest BCUT2D eigenvalue weighted by Gasteiger charge is 2.15. The van der Waals surface area contributed by atoms with Gasteiger partial charge in [0.1, 0.15) is 0 Å². The number of hydrogen-bond acceptors (Lipinski definition) is 1. The van der Waals surface area contributed by atoms with Crippen LogP contribution >= 0.6 is 15.9 Å². The lowest BCUT2D eigenvalue weighted by Gasteiger charge is -2.27. The molecule has 0 spiro atoms. The summed E-state index contributed by atoms with van der Waals surface area (Å²) in [4.78, 5) is 2.09. The summed E-state index contributed by atoms with van der Waals surface area (Å²) in [5.41, 5.74) is 4.65. The standard InChI is InChI=1S/C14H14BrN/c1-10-4-6-12(7-5-10)14-9-8-13(15)11(2)16(14)3/h4-9H,2H2,1,3H3. The van der Waals surface area contributed by atoms with E-state index in [0.717, 1.165) is 10.2 Å². The maximum atomic E-state index is 4.04. The van der Waals surface area contributed by atoms with Crippen molar-refractivity contribution in [3.05, 3.63) is 64.3 Å². The van der Waals surface area contributed by atoms with Gasteiger partial charge in [-0.25, -0.2) is 0 Å². The van der Waals surface area contributed by atoms with E-state index in [1.807, 2.05) is 13.1 Å². The van der Waals surface area contributed by atoms with Gasteiger partial charge in [-0.3, -0.25) is 0 Å². The summed E-state index contributed by atoms with van der Waals surface area (Å²) in [6.07, 6.45) is 4.14. The predicted molar refractivity (Wildman–Crippen MR) is 73.1 cm³/mol. The summed E-state index contributed by atoms with van der Waals surface area (Å²) in [6, 6.07) is 8.52. The van der Waals surface area contributed by atoms with Crippen LogP contribution in [0.5, 0.6) is 0 Å². The van der Waals surface area contributed by atoms with Gasteiger partial charge in [-0.2, -0.15) is 0 Å². The van der Waals surface area contributed by atoms with Crippen LogP contribution in [0.1, 0.15) is 11.1 Å². The summed E-state index contributed by atoms with van der Waals surface area (Å²) in [5.74, 6) is 0. The Bertz CT molecular complexity index is 480. The van der Waals surface area contributed by atoms with Gasteiger partial charge in [0.15, 0.2) is 0 Å². The number of likely N-dealkylation sites (N-methyl/N-ethyl adjacent to an activating group) is 1. The maximum absolute atomic E-state index is 4.04. The van der Waals surface area contributed by atoms with E-state index in [-0.39, 0.29) is 0 Å². The Balaban J connectivity index is 2.42. The molecule has 1 aromatic carbocycles. The second-order valence-corrected chi connectivity index (χ2v) is 4.79. The van der Waals surface area contributed by atoms with E-state index in [1.165, 1.54) is 16.8 Å². The number of benzene rings is 1. The first kappa shape index (κ1) is 11.2. The normalized spacial score (nSPS) is 15.9. The topological polar surface area (TPSA) is 3.24 Å². The van der Waals surface area contributed by atoms with Crippen LogP contribution in [0.3, 0.4) is 0 Å². The van der Waals surface area contributed by atoms with Crippen molar-refractivity contribution >= 4 is 21.6 Å². The van der Waals surface area contributed by atoms with Gasteiger partial charge >= 0.3 is 0 Å². The molecule has 2 heteroatoms. The fraction of sp³-hybridized carbons (Fsp3) is 0.143. The predicted octanol–water partition coefficient (Wildman–Crippen LogP) is 4.07. The van der Waals surface area contributed by atoms with Gasteiger partial charge < -0.3 is 4.90 Å². The molecular weight excluding hydrogens is 262 g/mol. The number of hydrogen-bond donors (Lipinski definition) is 0. The minimum Gasteiger partial charge on any atom is -0.344 e. The fourth-order valence-electron chi connectivity index (χ4n) is 1.68. The van der Waals surface area contributed by atoms with E-state index < -0.39 is 0 Å². The lowest BCUT2D eigenvalue weighted by Crippen LogP contribution is -2.17. The zero-order chi connectivity index (χ0) is 11.7. The molecule has 1 heterocycles. The number of halogens is 1. The monoisotopic (exact) mass is 275 g/mol. The molecule has 0 fully saturated rings. The quantitative estimate of drug-likeness (QED) is 0.747. The van der Waals surface area contributed by atoms with Crippen LogP contribution in [0, 0.1) is 6.92 Å². The van der Waals surface area contributed by atoms with Crippen molar-refractivity contribution in [1.82, 2.24) is 4.90 Å². The molecule has 1 aromatic rings. The zero-order valence-corrected chi connectivity index (χ0v) is 11.1. The highest BCUT2D eigenvalue weighted by atomic mass is 79.9. The van der Waals surface area contributed by atoms with Gasteiger partial charge in [-0.05, 0) is 40.6 Å². The number of allylic oxidation sites excluding steroid dienone is 3. The van der Waals surface area contributed by atoms with E-state index in [0.29, 0.717) is 0 Å². The molecule has 0 atom stereocenters. The van der Waals surface area contributed by atoms with Crippen LogP contribution in [-0.2, 0) is 0 Å². The molecule has 0 aromatic heterocycles. The Kier molecular flexibility index (Phi) is 3.01. The van der Waals surface area contributed by atoms with Gasteiger partial charge in [0.05, 0.1) is 0 Å². The third-order valence-electron chi connectivity index (χ3n) is 2.78. The van der Waals surface area contributed by atoms with Crippen molar-refractivity contribution < 1.29 is 0 Å². The Labute approximate surface area is 105 Å². The van der Waals surface area contributed by atoms with Crippen LogP contribution in [-0.4, -0.2) is 11.9 Å². The summed E-state index contributed by atoms with van der Waals surface area (Å²) in [5, 5.41) is 0. The molecule has 2 rings (SSSR count). The fourth-order valence-corrected chi connectivity index (χ4v) is 2.08. The number of rotatable bonds is 1. The second kappa shape index (κ2) is 4.30. The summed E-state index contributed by atoms with van der Waals surface area (Å²) < 4.78 is 1.03. The number of aryl methyl sites for hydroxylation is 1. The van der Waals surface area contributed by atoms with Gasteiger partial charge in [-0.15, -0.1) is 0 Å².